The predicted molar refractivity (Wildman–Crippen MR) is 72.4 cm³/mol. The molecule has 0 aliphatic heterocycles. The Bertz CT molecular complexity index is 621. The summed E-state index contributed by atoms with van der Waals surface area (Å²) in [6, 6.07) is 10.9. The molecule has 18 heavy (non-hydrogen) atoms. The van der Waals surface area contributed by atoms with Crippen LogP contribution in [0.25, 0.3) is 11.1 Å². The van der Waals surface area contributed by atoms with Gasteiger partial charge in [-0.1, -0.05) is 24.3 Å². The van der Waals surface area contributed by atoms with E-state index in [1.807, 2.05) is 32.0 Å². The standard InChI is InChI=1S/C14H14N2O2/c1-9-3-4-11(7-10(9)2)12-5-6-13(15)14(8-12)16(17)18/h3-8H,15H2,1-2H3. The summed E-state index contributed by atoms with van der Waals surface area (Å²) >= 11 is 0. The minimum absolute atomic E-state index is 0.0503. The molecule has 0 amide bonds. The molecule has 0 saturated carbocycles. The summed E-state index contributed by atoms with van der Waals surface area (Å²) in [6.45, 7) is 4.05. The van der Waals surface area contributed by atoms with Crippen LogP contribution in [0.1, 0.15) is 11.1 Å². The van der Waals surface area contributed by atoms with Crippen molar-refractivity contribution in [3.05, 3.63) is 57.6 Å². The second-order valence-corrected chi connectivity index (χ2v) is 4.33. The van der Waals surface area contributed by atoms with Crippen LogP contribution >= 0.6 is 0 Å². The number of hydrogen-bond acceptors (Lipinski definition) is 3. The smallest absolute Gasteiger partial charge is 0.292 e. The lowest BCUT2D eigenvalue weighted by Gasteiger charge is -2.06. The van der Waals surface area contributed by atoms with Gasteiger partial charge in [0.2, 0.25) is 0 Å². The zero-order valence-electron chi connectivity index (χ0n) is 10.3. The predicted octanol–water partition coefficient (Wildman–Crippen LogP) is 3.46. The van der Waals surface area contributed by atoms with E-state index in [1.165, 1.54) is 11.6 Å². The maximum atomic E-state index is 10.9. The molecule has 0 heterocycles. The van der Waals surface area contributed by atoms with Crippen LogP contribution in [0, 0.1) is 24.0 Å². The Balaban J connectivity index is 2.54. The zero-order chi connectivity index (χ0) is 13.3. The van der Waals surface area contributed by atoms with Gasteiger partial charge in [-0.25, -0.2) is 0 Å². The normalized spacial score (nSPS) is 10.3. The molecule has 4 nitrogen and oxygen atoms in total. The molecule has 2 aromatic carbocycles. The molecule has 0 radical (unpaired) electrons. The van der Waals surface area contributed by atoms with Crippen molar-refractivity contribution >= 4 is 11.4 Å². The summed E-state index contributed by atoms with van der Waals surface area (Å²) in [5, 5.41) is 10.9. The summed E-state index contributed by atoms with van der Waals surface area (Å²) in [5.41, 5.74) is 9.84. The molecule has 92 valence electrons. The molecule has 4 heteroatoms. The average molecular weight is 242 g/mol. The van der Waals surface area contributed by atoms with Crippen LogP contribution in [0.5, 0.6) is 0 Å². The first-order chi connectivity index (χ1) is 8.49. The van der Waals surface area contributed by atoms with E-state index >= 15 is 0 Å². The van der Waals surface area contributed by atoms with Crippen LogP contribution in [-0.2, 0) is 0 Å². The number of nitrogens with zero attached hydrogens (tertiary/aromatic N) is 1. The first-order valence-electron chi connectivity index (χ1n) is 5.60. The van der Waals surface area contributed by atoms with Gasteiger partial charge >= 0.3 is 0 Å². The zero-order valence-corrected chi connectivity index (χ0v) is 10.3. The summed E-state index contributed by atoms with van der Waals surface area (Å²) in [6.07, 6.45) is 0. The van der Waals surface area contributed by atoms with Gasteiger partial charge in [0.1, 0.15) is 5.69 Å². The summed E-state index contributed by atoms with van der Waals surface area (Å²) in [4.78, 5) is 10.4. The number of nitro groups is 1. The van der Waals surface area contributed by atoms with Crippen molar-refractivity contribution in [1.29, 1.82) is 0 Å². The van der Waals surface area contributed by atoms with Crippen molar-refractivity contribution in [2.75, 3.05) is 5.73 Å². The molecule has 2 aromatic rings. The molecule has 0 aliphatic rings. The summed E-state index contributed by atoms with van der Waals surface area (Å²) in [5.74, 6) is 0. The SMILES string of the molecule is Cc1ccc(-c2ccc(N)c([N+](=O)[O-])c2)cc1C. The number of nitro benzene ring substituents is 1. The molecular weight excluding hydrogens is 228 g/mol. The summed E-state index contributed by atoms with van der Waals surface area (Å²) < 4.78 is 0. The third-order valence-corrected chi connectivity index (χ3v) is 3.07. The number of nitrogens with two attached hydrogens (primary N) is 1. The van der Waals surface area contributed by atoms with Gasteiger partial charge < -0.3 is 5.73 Å². The van der Waals surface area contributed by atoms with Gasteiger partial charge in [-0.2, -0.15) is 0 Å². The Morgan fingerprint density at radius 1 is 1.00 bits per heavy atom. The quantitative estimate of drug-likeness (QED) is 0.498. The molecule has 0 aromatic heterocycles. The van der Waals surface area contributed by atoms with Crippen LogP contribution < -0.4 is 5.73 Å². The van der Waals surface area contributed by atoms with Crippen LogP contribution in [0.2, 0.25) is 0 Å². The molecule has 0 atom stereocenters. The van der Waals surface area contributed by atoms with Gasteiger partial charge in [-0.15, -0.1) is 0 Å². The molecule has 0 fully saturated rings. The Labute approximate surface area is 105 Å². The molecule has 0 unspecified atom stereocenters. The fourth-order valence-electron chi connectivity index (χ4n) is 1.80. The fourth-order valence-corrected chi connectivity index (χ4v) is 1.80. The van der Waals surface area contributed by atoms with E-state index in [0.717, 1.165) is 16.7 Å². The maximum Gasteiger partial charge on any atom is 0.292 e. The van der Waals surface area contributed by atoms with E-state index < -0.39 is 4.92 Å². The number of aryl methyl sites for hydroxylation is 2. The molecule has 0 spiro atoms. The van der Waals surface area contributed by atoms with Crippen molar-refractivity contribution in [3.63, 3.8) is 0 Å². The highest BCUT2D eigenvalue weighted by Crippen LogP contribution is 2.29. The Kier molecular flexibility index (Phi) is 3.02. The first-order valence-corrected chi connectivity index (χ1v) is 5.60. The van der Waals surface area contributed by atoms with Crippen molar-refractivity contribution in [3.8, 4) is 11.1 Å². The fraction of sp³-hybridized carbons (Fsp3) is 0.143. The van der Waals surface area contributed by atoms with Crippen molar-refractivity contribution in [1.82, 2.24) is 0 Å². The lowest BCUT2D eigenvalue weighted by Crippen LogP contribution is -1.95. The van der Waals surface area contributed by atoms with Crippen LogP contribution in [0.15, 0.2) is 36.4 Å². The second kappa shape index (κ2) is 4.49. The minimum Gasteiger partial charge on any atom is -0.393 e. The topological polar surface area (TPSA) is 69.2 Å². The molecule has 0 saturated heterocycles. The number of anilines is 1. The highest BCUT2D eigenvalue weighted by atomic mass is 16.6. The Morgan fingerprint density at radius 2 is 1.61 bits per heavy atom. The van der Waals surface area contributed by atoms with Crippen molar-refractivity contribution < 1.29 is 4.92 Å². The van der Waals surface area contributed by atoms with Gasteiger partial charge in [0.25, 0.3) is 5.69 Å². The van der Waals surface area contributed by atoms with E-state index in [-0.39, 0.29) is 11.4 Å². The highest BCUT2D eigenvalue weighted by molar-refractivity contribution is 5.72. The largest absolute Gasteiger partial charge is 0.393 e. The first kappa shape index (κ1) is 12.1. The van der Waals surface area contributed by atoms with Crippen LogP contribution in [-0.4, -0.2) is 4.92 Å². The highest BCUT2D eigenvalue weighted by Gasteiger charge is 2.12. The third kappa shape index (κ3) is 2.18. The molecular formula is C14H14N2O2. The lowest BCUT2D eigenvalue weighted by molar-refractivity contribution is -0.383. The van der Waals surface area contributed by atoms with E-state index in [0.29, 0.717) is 0 Å². The van der Waals surface area contributed by atoms with Crippen molar-refractivity contribution in [2.24, 2.45) is 0 Å². The van der Waals surface area contributed by atoms with Crippen molar-refractivity contribution in [2.45, 2.75) is 13.8 Å². The van der Waals surface area contributed by atoms with E-state index in [1.54, 1.807) is 12.1 Å². The summed E-state index contributed by atoms with van der Waals surface area (Å²) in [7, 11) is 0. The van der Waals surface area contributed by atoms with Gasteiger partial charge in [-0.3, -0.25) is 10.1 Å². The maximum absolute atomic E-state index is 10.9. The lowest BCUT2D eigenvalue weighted by atomic mass is 10.00. The van der Waals surface area contributed by atoms with E-state index in [9.17, 15) is 10.1 Å². The van der Waals surface area contributed by atoms with Gasteiger partial charge in [0, 0.05) is 6.07 Å². The second-order valence-electron chi connectivity index (χ2n) is 4.33. The van der Waals surface area contributed by atoms with Gasteiger partial charge in [-0.05, 0) is 42.2 Å². The van der Waals surface area contributed by atoms with E-state index in [2.05, 4.69) is 0 Å². The third-order valence-electron chi connectivity index (χ3n) is 3.07. The van der Waals surface area contributed by atoms with Gasteiger partial charge in [0.15, 0.2) is 0 Å². The number of benzene rings is 2. The minimum atomic E-state index is -0.458. The Morgan fingerprint density at radius 3 is 2.22 bits per heavy atom. The van der Waals surface area contributed by atoms with Crippen LogP contribution in [0.4, 0.5) is 11.4 Å². The molecule has 0 bridgehead atoms. The molecule has 2 N–H and O–H groups in total. The Hall–Kier alpha value is -2.36. The number of rotatable bonds is 2. The van der Waals surface area contributed by atoms with Crippen LogP contribution in [0.3, 0.4) is 0 Å². The number of nitrogen functional groups attached to an aromatic ring is 1. The monoisotopic (exact) mass is 242 g/mol. The molecule has 2 rings (SSSR count). The van der Waals surface area contributed by atoms with Gasteiger partial charge in [0.05, 0.1) is 4.92 Å². The van der Waals surface area contributed by atoms with E-state index in [4.69, 9.17) is 5.73 Å². The average Bonchev–Trinajstić information content (AvgIpc) is 2.33. The molecule has 0 aliphatic carbocycles. The number of hydrogen-bond donors (Lipinski definition) is 1.